The van der Waals surface area contributed by atoms with Crippen LogP contribution in [0.25, 0.3) is 10.6 Å². The van der Waals surface area contributed by atoms with Gasteiger partial charge in [0.05, 0.1) is 16.2 Å². The second kappa shape index (κ2) is 8.83. The number of amides is 1. The number of carbonyl (C=O) groups is 2. The molecule has 1 heterocycles. The number of nitro groups is 1. The van der Waals surface area contributed by atoms with E-state index in [1.807, 2.05) is 24.3 Å². The number of rotatable bonds is 7. The molecule has 0 aliphatic carbocycles. The van der Waals surface area contributed by atoms with Crippen LogP contribution in [0.15, 0.2) is 42.5 Å². The van der Waals surface area contributed by atoms with Gasteiger partial charge in [0.1, 0.15) is 16.5 Å². The van der Waals surface area contributed by atoms with E-state index in [1.165, 1.54) is 29.0 Å². The fourth-order valence-corrected chi connectivity index (χ4v) is 3.78. The number of hydrogen-bond acceptors (Lipinski definition) is 7. The van der Waals surface area contributed by atoms with Gasteiger partial charge in [-0.3, -0.25) is 14.9 Å². The van der Waals surface area contributed by atoms with Crippen LogP contribution in [0.4, 0.5) is 5.69 Å². The Hall–Kier alpha value is -3.59. The second-order valence-electron chi connectivity index (χ2n) is 6.53. The molecule has 0 radical (unpaired) electrons. The Morgan fingerprint density at radius 3 is 2.50 bits per heavy atom. The molecule has 0 saturated carbocycles. The average Bonchev–Trinajstić information content (AvgIpc) is 3.13. The molecule has 1 aromatic heterocycles. The zero-order valence-corrected chi connectivity index (χ0v) is 17.2. The largest absolute Gasteiger partial charge is 0.456 e. The number of aryl methyl sites for hydroxylation is 2. The summed E-state index contributed by atoms with van der Waals surface area (Å²) in [5.74, 6) is -1.39. The van der Waals surface area contributed by atoms with Gasteiger partial charge < -0.3 is 10.5 Å². The number of thiazole rings is 1. The van der Waals surface area contributed by atoms with E-state index in [-0.39, 0.29) is 23.4 Å². The first kappa shape index (κ1) is 21.1. The third-order valence-electron chi connectivity index (χ3n) is 4.52. The van der Waals surface area contributed by atoms with Gasteiger partial charge in [0.15, 0.2) is 0 Å². The second-order valence-corrected chi connectivity index (χ2v) is 7.52. The molecule has 2 aromatic carbocycles. The summed E-state index contributed by atoms with van der Waals surface area (Å²) in [5, 5.41) is 12.0. The topological polar surface area (TPSA) is 125 Å². The summed E-state index contributed by atoms with van der Waals surface area (Å²) in [6.45, 7) is 3.47. The van der Waals surface area contributed by atoms with Gasteiger partial charge in [-0.2, -0.15) is 0 Å². The van der Waals surface area contributed by atoms with Gasteiger partial charge >= 0.3 is 5.97 Å². The van der Waals surface area contributed by atoms with Crippen LogP contribution in [0, 0.1) is 17.0 Å². The third kappa shape index (κ3) is 4.52. The summed E-state index contributed by atoms with van der Waals surface area (Å²) >= 11 is 1.21. The molecule has 3 aromatic rings. The summed E-state index contributed by atoms with van der Waals surface area (Å²) in [6.07, 6.45) is 0.932. The fourth-order valence-electron chi connectivity index (χ4n) is 2.81. The molecule has 0 spiro atoms. The van der Waals surface area contributed by atoms with Gasteiger partial charge in [-0.25, -0.2) is 9.78 Å². The number of carbonyl (C=O) groups excluding carboxylic acids is 2. The molecule has 30 heavy (non-hydrogen) atoms. The van der Waals surface area contributed by atoms with E-state index in [0.717, 1.165) is 18.1 Å². The molecule has 0 fully saturated rings. The van der Waals surface area contributed by atoms with Crippen LogP contribution >= 0.6 is 11.3 Å². The summed E-state index contributed by atoms with van der Waals surface area (Å²) in [7, 11) is 0. The SMILES string of the molecule is CCc1ccc(-c2nc(C)c(C(=O)OCc3ccc(C(N)=O)cc3[N+](=O)[O-])s2)cc1. The van der Waals surface area contributed by atoms with Gasteiger partial charge in [-0.15, -0.1) is 11.3 Å². The Balaban J connectivity index is 1.78. The summed E-state index contributed by atoms with van der Waals surface area (Å²) < 4.78 is 5.28. The molecule has 2 N–H and O–H groups in total. The van der Waals surface area contributed by atoms with Gasteiger partial charge in [-0.05, 0) is 31.0 Å². The maximum Gasteiger partial charge on any atom is 0.350 e. The van der Waals surface area contributed by atoms with E-state index < -0.39 is 16.8 Å². The van der Waals surface area contributed by atoms with Crippen molar-refractivity contribution in [3.05, 3.63) is 79.8 Å². The lowest BCUT2D eigenvalue weighted by atomic mass is 10.1. The number of hydrogen-bond donors (Lipinski definition) is 1. The normalized spacial score (nSPS) is 10.6. The lowest BCUT2D eigenvalue weighted by Gasteiger charge is -2.06. The highest BCUT2D eigenvalue weighted by atomic mass is 32.1. The van der Waals surface area contributed by atoms with Crippen molar-refractivity contribution < 1.29 is 19.2 Å². The molecule has 0 atom stereocenters. The first-order chi connectivity index (χ1) is 14.3. The van der Waals surface area contributed by atoms with Crippen molar-refractivity contribution in [2.75, 3.05) is 0 Å². The van der Waals surface area contributed by atoms with Crippen LogP contribution in [-0.4, -0.2) is 21.8 Å². The smallest absolute Gasteiger partial charge is 0.350 e. The lowest BCUT2D eigenvalue weighted by Crippen LogP contribution is -2.12. The van der Waals surface area contributed by atoms with Crippen LogP contribution in [0.1, 0.15) is 43.8 Å². The summed E-state index contributed by atoms with van der Waals surface area (Å²) in [4.78, 5) is 39.2. The number of aromatic nitrogens is 1. The molecule has 1 amide bonds. The highest BCUT2D eigenvalue weighted by molar-refractivity contribution is 7.17. The standard InChI is InChI=1S/C21H19N3O5S/c1-3-13-4-6-14(7-5-13)20-23-12(2)18(30-20)21(26)29-11-16-9-8-15(19(22)25)10-17(16)24(27)28/h4-10H,3,11H2,1-2H3,(H2,22,25). The van der Waals surface area contributed by atoms with E-state index in [4.69, 9.17) is 10.5 Å². The minimum Gasteiger partial charge on any atom is -0.456 e. The fraction of sp³-hybridized carbons (Fsp3) is 0.190. The van der Waals surface area contributed by atoms with E-state index >= 15 is 0 Å². The van der Waals surface area contributed by atoms with Crippen LogP contribution in [0.2, 0.25) is 0 Å². The Morgan fingerprint density at radius 2 is 1.90 bits per heavy atom. The molecule has 0 unspecified atom stereocenters. The maximum atomic E-state index is 12.5. The molecule has 3 rings (SSSR count). The lowest BCUT2D eigenvalue weighted by molar-refractivity contribution is -0.385. The Bertz CT molecular complexity index is 1120. The van der Waals surface area contributed by atoms with Gasteiger partial charge in [0.2, 0.25) is 5.91 Å². The van der Waals surface area contributed by atoms with Crippen molar-refractivity contribution in [2.24, 2.45) is 5.73 Å². The van der Waals surface area contributed by atoms with Gasteiger partial charge in [-0.1, -0.05) is 31.2 Å². The summed E-state index contributed by atoms with van der Waals surface area (Å²) in [5.41, 5.74) is 7.63. The number of nitrogens with zero attached hydrogens (tertiary/aromatic N) is 2. The average molecular weight is 425 g/mol. The predicted octanol–water partition coefficient (Wildman–Crippen LogP) is 4.05. The molecule has 0 aliphatic heterocycles. The van der Waals surface area contributed by atoms with Crippen LogP contribution in [0.3, 0.4) is 0 Å². The first-order valence-electron chi connectivity index (χ1n) is 9.11. The monoisotopic (exact) mass is 425 g/mol. The molecule has 0 saturated heterocycles. The highest BCUT2D eigenvalue weighted by Crippen LogP contribution is 2.29. The highest BCUT2D eigenvalue weighted by Gasteiger charge is 2.21. The van der Waals surface area contributed by atoms with Crippen molar-refractivity contribution in [1.29, 1.82) is 0 Å². The molecule has 0 aliphatic rings. The number of nitrogens with two attached hydrogens (primary N) is 1. The number of nitro benzene ring substituents is 1. The zero-order chi connectivity index (χ0) is 21.8. The number of primary amides is 1. The number of esters is 1. The minimum absolute atomic E-state index is 0.00816. The summed E-state index contributed by atoms with van der Waals surface area (Å²) in [6, 6.07) is 11.7. The molecule has 9 heteroatoms. The van der Waals surface area contributed by atoms with Gasteiger partial charge in [0.25, 0.3) is 5.69 Å². The molecule has 0 bridgehead atoms. The van der Waals surface area contributed by atoms with Crippen LogP contribution < -0.4 is 5.73 Å². The van der Waals surface area contributed by atoms with E-state index in [9.17, 15) is 19.7 Å². The van der Waals surface area contributed by atoms with Crippen molar-refractivity contribution >= 4 is 28.9 Å². The van der Waals surface area contributed by atoms with Gasteiger partial charge in [0, 0.05) is 17.2 Å². The van der Waals surface area contributed by atoms with Crippen LogP contribution in [-0.2, 0) is 17.8 Å². The Kier molecular flexibility index (Phi) is 6.22. The van der Waals surface area contributed by atoms with Crippen molar-refractivity contribution in [3.8, 4) is 10.6 Å². The van der Waals surface area contributed by atoms with Crippen LogP contribution in [0.5, 0.6) is 0 Å². The van der Waals surface area contributed by atoms with E-state index in [0.29, 0.717) is 15.6 Å². The number of benzene rings is 2. The van der Waals surface area contributed by atoms with Crippen molar-refractivity contribution in [3.63, 3.8) is 0 Å². The molecular formula is C21H19N3O5S. The number of ether oxygens (including phenoxy) is 1. The Morgan fingerprint density at radius 1 is 1.20 bits per heavy atom. The van der Waals surface area contributed by atoms with E-state index in [2.05, 4.69) is 11.9 Å². The Labute approximate surface area is 176 Å². The first-order valence-corrected chi connectivity index (χ1v) is 9.92. The predicted molar refractivity (Wildman–Crippen MR) is 112 cm³/mol. The molecule has 154 valence electrons. The minimum atomic E-state index is -0.776. The molecular weight excluding hydrogens is 406 g/mol. The third-order valence-corrected chi connectivity index (χ3v) is 5.70. The zero-order valence-electron chi connectivity index (χ0n) is 16.4. The molecule has 8 nitrogen and oxygen atoms in total. The van der Waals surface area contributed by atoms with Crippen molar-refractivity contribution in [1.82, 2.24) is 4.98 Å². The van der Waals surface area contributed by atoms with Crippen molar-refractivity contribution in [2.45, 2.75) is 26.9 Å². The quantitative estimate of drug-likeness (QED) is 0.346. The van der Waals surface area contributed by atoms with E-state index in [1.54, 1.807) is 6.92 Å². The maximum absolute atomic E-state index is 12.5.